The van der Waals surface area contributed by atoms with Gasteiger partial charge in [0.25, 0.3) is 5.91 Å². The Balaban J connectivity index is 1.98. The zero-order valence-electron chi connectivity index (χ0n) is 16.8. The lowest BCUT2D eigenvalue weighted by molar-refractivity contribution is -0.123. The molecule has 6 nitrogen and oxygen atoms in total. The molecule has 9 heteroatoms. The second kappa shape index (κ2) is 9.80. The molecule has 0 aliphatic carbocycles. The largest absolute Gasteiger partial charge is 0.449 e. The molecule has 0 aliphatic rings. The van der Waals surface area contributed by atoms with E-state index < -0.39 is 38.5 Å². The zero-order valence-corrected chi connectivity index (χ0v) is 17.6. The normalized spacial score (nSPS) is 13.5. The lowest BCUT2D eigenvalue weighted by Crippen LogP contribution is -2.30. The third-order valence-corrected chi connectivity index (χ3v) is 6.06. The van der Waals surface area contributed by atoms with Gasteiger partial charge in [0.15, 0.2) is 6.10 Å². The molecule has 1 amide bonds. The summed E-state index contributed by atoms with van der Waals surface area (Å²) < 4.78 is 53.0. The summed E-state index contributed by atoms with van der Waals surface area (Å²) in [6.07, 6.45) is -0.135. The number of carbonyl (C=O) groups is 2. The minimum atomic E-state index is -4.75. The summed E-state index contributed by atoms with van der Waals surface area (Å²) in [5.74, 6) is -4.59. The van der Waals surface area contributed by atoms with Gasteiger partial charge in [-0.05, 0) is 61.2 Å². The van der Waals surface area contributed by atoms with Gasteiger partial charge in [-0.25, -0.2) is 13.2 Å². The molecule has 0 bridgehead atoms. The molecule has 30 heavy (non-hydrogen) atoms. The Morgan fingerprint density at radius 1 is 1.00 bits per heavy atom. The van der Waals surface area contributed by atoms with Gasteiger partial charge in [-0.15, -0.1) is 0 Å². The van der Waals surface area contributed by atoms with Crippen LogP contribution in [0.25, 0.3) is 0 Å². The summed E-state index contributed by atoms with van der Waals surface area (Å²) in [6, 6.07) is 11.2. The van der Waals surface area contributed by atoms with E-state index in [0.29, 0.717) is 11.6 Å². The second-order valence-electron chi connectivity index (χ2n) is 6.80. The van der Waals surface area contributed by atoms with E-state index >= 15 is 0 Å². The number of anilines is 1. The van der Waals surface area contributed by atoms with Gasteiger partial charge in [0.2, 0.25) is 9.84 Å². The average molecular weight is 439 g/mol. The van der Waals surface area contributed by atoms with E-state index in [-0.39, 0.29) is 5.56 Å². The Morgan fingerprint density at radius 2 is 1.57 bits per heavy atom. The standard InChI is InChI=1S/C21H23F2NO5S/c1-4-13(2)15-5-9-17(10-6-15)24-19(25)14(3)29-20(26)16-7-11-18(12-8-16)30(27,28)21(22)23/h5-14,21H,4H2,1-3H3,(H,24,25)/t13-,14+/m1/s1. The van der Waals surface area contributed by atoms with Gasteiger partial charge in [-0.3, -0.25) is 4.79 Å². The van der Waals surface area contributed by atoms with E-state index in [1.54, 1.807) is 12.1 Å². The Morgan fingerprint density at radius 3 is 2.07 bits per heavy atom. The number of sulfone groups is 1. The van der Waals surface area contributed by atoms with E-state index in [9.17, 15) is 26.8 Å². The van der Waals surface area contributed by atoms with Crippen LogP contribution >= 0.6 is 0 Å². The highest BCUT2D eigenvalue weighted by Gasteiger charge is 2.27. The number of halogens is 2. The van der Waals surface area contributed by atoms with Crippen molar-refractivity contribution >= 4 is 27.4 Å². The summed E-state index contributed by atoms with van der Waals surface area (Å²) >= 11 is 0. The van der Waals surface area contributed by atoms with Crippen LogP contribution in [0.1, 0.15) is 49.0 Å². The van der Waals surface area contributed by atoms with Gasteiger partial charge in [-0.2, -0.15) is 8.78 Å². The Bertz CT molecular complexity index is 989. The first kappa shape index (κ1) is 23.5. The molecule has 0 heterocycles. The van der Waals surface area contributed by atoms with Crippen LogP contribution in [-0.2, 0) is 19.4 Å². The van der Waals surface area contributed by atoms with Crippen LogP contribution in [0, 0.1) is 0 Å². The van der Waals surface area contributed by atoms with Crippen LogP contribution < -0.4 is 5.32 Å². The van der Waals surface area contributed by atoms with Crippen molar-refractivity contribution in [2.45, 2.75) is 49.9 Å². The van der Waals surface area contributed by atoms with Crippen molar-refractivity contribution in [3.05, 3.63) is 59.7 Å². The number of nitrogens with one attached hydrogen (secondary N) is 1. The average Bonchev–Trinajstić information content (AvgIpc) is 2.73. The van der Waals surface area contributed by atoms with Crippen LogP contribution in [0.4, 0.5) is 14.5 Å². The first-order chi connectivity index (χ1) is 14.1. The maximum absolute atomic E-state index is 12.6. The van der Waals surface area contributed by atoms with Crippen molar-refractivity contribution in [1.82, 2.24) is 0 Å². The summed E-state index contributed by atoms with van der Waals surface area (Å²) in [7, 11) is -4.75. The monoisotopic (exact) mass is 439 g/mol. The van der Waals surface area contributed by atoms with Gasteiger partial charge in [0, 0.05) is 5.69 Å². The number of rotatable bonds is 8. The third kappa shape index (κ3) is 5.63. The Kier molecular flexibility index (Phi) is 7.66. The second-order valence-corrected chi connectivity index (χ2v) is 8.72. The minimum Gasteiger partial charge on any atom is -0.449 e. The smallest absolute Gasteiger partial charge is 0.341 e. The number of alkyl halides is 2. The van der Waals surface area contributed by atoms with Crippen molar-refractivity contribution in [2.75, 3.05) is 5.32 Å². The summed E-state index contributed by atoms with van der Waals surface area (Å²) in [5.41, 5.74) is 1.63. The molecule has 0 aliphatic heterocycles. The number of esters is 1. The fraction of sp³-hybridized carbons (Fsp3) is 0.333. The highest BCUT2D eigenvalue weighted by atomic mass is 32.2. The zero-order chi connectivity index (χ0) is 22.5. The highest BCUT2D eigenvalue weighted by molar-refractivity contribution is 7.91. The number of hydrogen-bond acceptors (Lipinski definition) is 5. The maximum Gasteiger partial charge on any atom is 0.341 e. The lowest BCUT2D eigenvalue weighted by Gasteiger charge is -2.15. The number of carbonyl (C=O) groups excluding carboxylic acids is 2. The van der Waals surface area contributed by atoms with Crippen LogP contribution in [0.3, 0.4) is 0 Å². The molecule has 2 aromatic carbocycles. The number of benzene rings is 2. The molecular weight excluding hydrogens is 416 g/mol. The Labute approximate surface area is 174 Å². The molecule has 2 atom stereocenters. The van der Waals surface area contributed by atoms with Crippen molar-refractivity contribution in [2.24, 2.45) is 0 Å². The van der Waals surface area contributed by atoms with Gasteiger partial charge >= 0.3 is 11.7 Å². The fourth-order valence-corrected chi connectivity index (χ4v) is 3.26. The van der Waals surface area contributed by atoms with Crippen molar-refractivity contribution < 1.29 is 31.5 Å². The highest BCUT2D eigenvalue weighted by Crippen LogP contribution is 2.21. The first-order valence-electron chi connectivity index (χ1n) is 9.30. The predicted molar refractivity (Wildman–Crippen MR) is 108 cm³/mol. The molecule has 0 radical (unpaired) electrons. The van der Waals surface area contributed by atoms with E-state index in [4.69, 9.17) is 4.74 Å². The van der Waals surface area contributed by atoms with Crippen molar-refractivity contribution in [3.8, 4) is 0 Å². The minimum absolute atomic E-state index is 0.0687. The van der Waals surface area contributed by atoms with Gasteiger partial charge in [0.1, 0.15) is 0 Å². The van der Waals surface area contributed by atoms with E-state index in [1.165, 1.54) is 6.92 Å². The quantitative estimate of drug-likeness (QED) is 0.617. The molecule has 0 aromatic heterocycles. The Hall–Kier alpha value is -2.81. The van der Waals surface area contributed by atoms with Gasteiger partial charge in [-0.1, -0.05) is 26.0 Å². The van der Waals surface area contributed by atoms with Crippen molar-refractivity contribution in [1.29, 1.82) is 0 Å². The van der Waals surface area contributed by atoms with Crippen molar-refractivity contribution in [3.63, 3.8) is 0 Å². The van der Waals surface area contributed by atoms with E-state index in [2.05, 4.69) is 19.2 Å². The molecule has 2 rings (SSSR count). The molecule has 0 spiro atoms. The molecule has 162 valence electrons. The molecular formula is C21H23F2NO5S. The van der Waals surface area contributed by atoms with E-state index in [0.717, 1.165) is 36.2 Å². The van der Waals surface area contributed by atoms with Crippen LogP contribution in [0.2, 0.25) is 0 Å². The van der Waals surface area contributed by atoms with Crippen LogP contribution in [0.5, 0.6) is 0 Å². The van der Waals surface area contributed by atoms with E-state index in [1.807, 2.05) is 12.1 Å². The summed E-state index contributed by atoms with van der Waals surface area (Å²) in [4.78, 5) is 23.8. The number of ether oxygens (including phenoxy) is 1. The molecule has 0 unspecified atom stereocenters. The molecule has 2 aromatic rings. The predicted octanol–water partition coefficient (Wildman–Crippen LogP) is 4.38. The summed E-state index contributed by atoms with van der Waals surface area (Å²) in [5, 5.41) is 2.65. The molecule has 0 fully saturated rings. The molecule has 1 N–H and O–H groups in total. The summed E-state index contributed by atoms with van der Waals surface area (Å²) in [6.45, 7) is 5.57. The van der Waals surface area contributed by atoms with Crippen LogP contribution in [-0.4, -0.2) is 32.2 Å². The number of hydrogen-bond donors (Lipinski definition) is 1. The maximum atomic E-state index is 12.6. The number of amides is 1. The van der Waals surface area contributed by atoms with Gasteiger partial charge < -0.3 is 10.1 Å². The lowest BCUT2D eigenvalue weighted by atomic mass is 9.99. The topological polar surface area (TPSA) is 89.5 Å². The third-order valence-electron chi connectivity index (χ3n) is 4.67. The molecule has 0 saturated carbocycles. The van der Waals surface area contributed by atoms with Gasteiger partial charge in [0.05, 0.1) is 10.5 Å². The van der Waals surface area contributed by atoms with Crippen LogP contribution in [0.15, 0.2) is 53.4 Å². The first-order valence-corrected chi connectivity index (χ1v) is 10.8. The fourth-order valence-electron chi connectivity index (χ4n) is 2.54. The SMILES string of the molecule is CC[C@@H](C)c1ccc(NC(=O)[C@H](C)OC(=O)c2ccc(S(=O)(=O)C(F)F)cc2)cc1. The molecule has 0 saturated heterocycles.